The third-order valence-electron chi connectivity index (χ3n) is 6.18. The fourth-order valence-electron chi connectivity index (χ4n) is 4.56. The Balaban J connectivity index is 1.68. The van der Waals surface area contributed by atoms with E-state index in [0.717, 1.165) is 35.4 Å². The molecular formula is C25H31N3O4. The van der Waals surface area contributed by atoms with E-state index in [1.807, 2.05) is 41.8 Å². The SMILES string of the molecule is COc1cc(-n2c(C)nc3cc(C(=O)NC4CCCCCC4)ccc32)cc(OC)c1OC. The molecule has 7 heteroatoms. The molecule has 1 saturated carbocycles. The highest BCUT2D eigenvalue weighted by atomic mass is 16.5. The number of carbonyl (C=O) groups excluding carboxylic acids is 1. The molecule has 0 atom stereocenters. The van der Waals surface area contributed by atoms with Crippen LogP contribution in [-0.2, 0) is 0 Å². The van der Waals surface area contributed by atoms with Crippen molar-refractivity contribution in [1.82, 2.24) is 14.9 Å². The van der Waals surface area contributed by atoms with E-state index in [0.29, 0.717) is 22.8 Å². The summed E-state index contributed by atoms with van der Waals surface area (Å²) in [4.78, 5) is 17.6. The highest BCUT2D eigenvalue weighted by molar-refractivity contribution is 5.97. The van der Waals surface area contributed by atoms with Crippen LogP contribution in [0.4, 0.5) is 0 Å². The molecule has 1 N–H and O–H groups in total. The van der Waals surface area contributed by atoms with Crippen LogP contribution in [0.3, 0.4) is 0 Å². The number of fused-ring (bicyclic) bond motifs is 1. The van der Waals surface area contributed by atoms with Crippen molar-refractivity contribution in [3.8, 4) is 22.9 Å². The predicted molar refractivity (Wildman–Crippen MR) is 124 cm³/mol. The Bertz CT molecular complexity index is 1090. The van der Waals surface area contributed by atoms with E-state index in [2.05, 4.69) is 5.32 Å². The number of nitrogens with zero attached hydrogens (tertiary/aromatic N) is 2. The second-order valence-corrected chi connectivity index (χ2v) is 8.24. The van der Waals surface area contributed by atoms with Gasteiger partial charge in [-0.1, -0.05) is 25.7 Å². The zero-order chi connectivity index (χ0) is 22.7. The first-order valence-corrected chi connectivity index (χ1v) is 11.2. The molecule has 7 nitrogen and oxygen atoms in total. The Morgan fingerprint density at radius 2 is 1.62 bits per heavy atom. The molecule has 0 radical (unpaired) electrons. The average molecular weight is 438 g/mol. The number of ether oxygens (including phenoxy) is 3. The van der Waals surface area contributed by atoms with Crippen molar-refractivity contribution in [3.05, 3.63) is 41.7 Å². The number of methoxy groups -OCH3 is 3. The second-order valence-electron chi connectivity index (χ2n) is 8.24. The molecule has 1 heterocycles. The number of rotatable bonds is 6. The van der Waals surface area contributed by atoms with Crippen LogP contribution in [0.25, 0.3) is 16.7 Å². The van der Waals surface area contributed by atoms with Crippen molar-refractivity contribution in [2.75, 3.05) is 21.3 Å². The van der Waals surface area contributed by atoms with Gasteiger partial charge in [0.25, 0.3) is 5.91 Å². The number of nitrogens with one attached hydrogen (secondary N) is 1. The standard InChI is InChI=1S/C25H31N3O4/c1-16-26-20-13-17(25(29)27-18-9-7-5-6-8-10-18)11-12-21(20)28(16)19-14-22(30-2)24(32-4)23(15-19)31-3/h11-15,18H,5-10H2,1-4H3,(H,27,29). The van der Waals surface area contributed by atoms with Gasteiger partial charge in [-0.25, -0.2) is 4.98 Å². The Hall–Kier alpha value is -3.22. The van der Waals surface area contributed by atoms with E-state index in [-0.39, 0.29) is 11.9 Å². The summed E-state index contributed by atoms with van der Waals surface area (Å²) in [5.74, 6) is 2.46. The van der Waals surface area contributed by atoms with Gasteiger partial charge >= 0.3 is 0 Å². The summed E-state index contributed by atoms with van der Waals surface area (Å²) in [6, 6.07) is 9.72. The third kappa shape index (κ3) is 4.24. The van der Waals surface area contributed by atoms with Gasteiger partial charge in [-0.15, -0.1) is 0 Å². The summed E-state index contributed by atoms with van der Waals surface area (Å²) >= 11 is 0. The molecule has 1 fully saturated rings. The molecule has 3 aromatic rings. The molecule has 1 aliphatic rings. The van der Waals surface area contributed by atoms with Crippen molar-refractivity contribution in [2.45, 2.75) is 51.5 Å². The van der Waals surface area contributed by atoms with Gasteiger partial charge in [-0.3, -0.25) is 9.36 Å². The number of hydrogen-bond acceptors (Lipinski definition) is 5. The number of amides is 1. The Morgan fingerprint density at radius 3 is 2.22 bits per heavy atom. The van der Waals surface area contributed by atoms with Crippen LogP contribution in [0.15, 0.2) is 30.3 Å². The highest BCUT2D eigenvalue weighted by Crippen LogP contribution is 2.40. The molecule has 1 aliphatic carbocycles. The Kier molecular flexibility index (Phi) is 6.53. The minimum Gasteiger partial charge on any atom is -0.493 e. The topological polar surface area (TPSA) is 74.6 Å². The summed E-state index contributed by atoms with van der Waals surface area (Å²) in [5.41, 5.74) is 3.15. The quantitative estimate of drug-likeness (QED) is 0.560. The molecule has 0 saturated heterocycles. The summed E-state index contributed by atoms with van der Waals surface area (Å²) in [5, 5.41) is 3.22. The molecule has 0 spiro atoms. The first kappa shape index (κ1) is 22.0. The van der Waals surface area contributed by atoms with E-state index in [1.165, 1.54) is 25.7 Å². The normalized spacial score (nSPS) is 14.8. The van der Waals surface area contributed by atoms with Crippen molar-refractivity contribution in [1.29, 1.82) is 0 Å². The lowest BCUT2D eigenvalue weighted by Gasteiger charge is -2.16. The van der Waals surface area contributed by atoms with Crippen LogP contribution in [-0.4, -0.2) is 42.8 Å². The number of aryl methyl sites for hydroxylation is 1. The van der Waals surface area contributed by atoms with Crippen molar-refractivity contribution in [3.63, 3.8) is 0 Å². The molecule has 1 aromatic heterocycles. The summed E-state index contributed by atoms with van der Waals surface area (Å²) in [6.45, 7) is 1.94. The molecule has 2 aromatic carbocycles. The van der Waals surface area contributed by atoms with E-state index >= 15 is 0 Å². The monoisotopic (exact) mass is 437 g/mol. The molecule has 0 aliphatic heterocycles. The first-order valence-electron chi connectivity index (χ1n) is 11.2. The number of benzene rings is 2. The maximum atomic E-state index is 12.9. The van der Waals surface area contributed by atoms with E-state index < -0.39 is 0 Å². The maximum Gasteiger partial charge on any atom is 0.251 e. The lowest BCUT2D eigenvalue weighted by Crippen LogP contribution is -2.34. The van der Waals surface area contributed by atoms with Gasteiger partial charge in [-0.05, 0) is 38.0 Å². The molecule has 32 heavy (non-hydrogen) atoms. The van der Waals surface area contributed by atoms with Crippen LogP contribution in [0.5, 0.6) is 17.2 Å². The predicted octanol–water partition coefficient (Wildman–Crippen LogP) is 4.81. The molecule has 0 unspecified atom stereocenters. The number of hydrogen-bond donors (Lipinski definition) is 1. The van der Waals surface area contributed by atoms with Gasteiger partial charge in [0.05, 0.1) is 38.1 Å². The fourth-order valence-corrected chi connectivity index (χ4v) is 4.56. The van der Waals surface area contributed by atoms with E-state index in [4.69, 9.17) is 19.2 Å². The van der Waals surface area contributed by atoms with Crippen molar-refractivity contribution >= 4 is 16.9 Å². The van der Waals surface area contributed by atoms with Gasteiger partial charge in [0.2, 0.25) is 5.75 Å². The van der Waals surface area contributed by atoms with Crippen LogP contribution in [0, 0.1) is 6.92 Å². The minimum absolute atomic E-state index is 0.0289. The zero-order valence-corrected chi connectivity index (χ0v) is 19.2. The fraction of sp³-hybridized carbons (Fsp3) is 0.440. The lowest BCUT2D eigenvalue weighted by atomic mass is 10.1. The lowest BCUT2D eigenvalue weighted by molar-refractivity contribution is 0.0933. The third-order valence-corrected chi connectivity index (χ3v) is 6.18. The summed E-state index contributed by atoms with van der Waals surface area (Å²) in [7, 11) is 4.78. The van der Waals surface area contributed by atoms with Crippen LogP contribution < -0.4 is 19.5 Å². The van der Waals surface area contributed by atoms with E-state index in [1.54, 1.807) is 21.3 Å². The largest absolute Gasteiger partial charge is 0.493 e. The average Bonchev–Trinajstić information content (AvgIpc) is 2.95. The minimum atomic E-state index is -0.0289. The summed E-state index contributed by atoms with van der Waals surface area (Å²) < 4.78 is 18.5. The van der Waals surface area contributed by atoms with Crippen molar-refractivity contribution in [2.24, 2.45) is 0 Å². The molecule has 1 amide bonds. The summed E-state index contributed by atoms with van der Waals surface area (Å²) in [6.07, 6.45) is 7.00. The van der Waals surface area contributed by atoms with Gasteiger partial charge in [0.15, 0.2) is 11.5 Å². The van der Waals surface area contributed by atoms with Gasteiger partial charge in [0, 0.05) is 23.7 Å². The Labute approximate surface area is 188 Å². The van der Waals surface area contributed by atoms with Crippen LogP contribution in [0.1, 0.15) is 54.7 Å². The van der Waals surface area contributed by atoms with E-state index in [9.17, 15) is 4.79 Å². The second kappa shape index (κ2) is 9.51. The van der Waals surface area contributed by atoms with Gasteiger partial charge in [0.1, 0.15) is 5.82 Å². The van der Waals surface area contributed by atoms with Gasteiger partial charge < -0.3 is 19.5 Å². The molecular weight excluding hydrogens is 406 g/mol. The van der Waals surface area contributed by atoms with Crippen molar-refractivity contribution < 1.29 is 19.0 Å². The van der Waals surface area contributed by atoms with Crippen LogP contribution >= 0.6 is 0 Å². The van der Waals surface area contributed by atoms with Gasteiger partial charge in [-0.2, -0.15) is 0 Å². The maximum absolute atomic E-state index is 12.9. The smallest absolute Gasteiger partial charge is 0.251 e. The molecule has 0 bridgehead atoms. The zero-order valence-electron chi connectivity index (χ0n) is 19.2. The number of aromatic nitrogens is 2. The molecule has 4 rings (SSSR count). The molecule has 170 valence electrons. The number of carbonyl (C=O) groups is 1. The first-order chi connectivity index (χ1) is 15.5. The Morgan fingerprint density at radius 1 is 0.969 bits per heavy atom. The number of imidazole rings is 1. The highest BCUT2D eigenvalue weighted by Gasteiger charge is 2.19. The van der Waals surface area contributed by atoms with Crippen LogP contribution in [0.2, 0.25) is 0 Å².